The first kappa shape index (κ1) is 16.8. The van der Waals surface area contributed by atoms with Gasteiger partial charge in [-0.2, -0.15) is 0 Å². The Labute approximate surface area is 133 Å². The molecule has 1 amide bonds. The zero-order valence-corrected chi connectivity index (χ0v) is 14.0. The van der Waals surface area contributed by atoms with Crippen molar-refractivity contribution in [2.75, 3.05) is 26.2 Å². The van der Waals surface area contributed by atoms with Gasteiger partial charge in [0, 0.05) is 6.54 Å². The molecule has 1 aromatic rings. The van der Waals surface area contributed by atoms with Crippen molar-refractivity contribution in [1.82, 2.24) is 10.2 Å². The molecule has 122 valence electrons. The monoisotopic (exact) mass is 304 g/mol. The number of nitrogens with zero attached hydrogens (tertiary/aromatic N) is 1. The topological polar surface area (TPSA) is 41.6 Å². The van der Waals surface area contributed by atoms with Crippen molar-refractivity contribution in [3.05, 3.63) is 29.3 Å². The highest BCUT2D eigenvalue weighted by Crippen LogP contribution is 2.20. The molecule has 0 aromatic heterocycles. The minimum Gasteiger partial charge on any atom is -0.481 e. The summed E-state index contributed by atoms with van der Waals surface area (Å²) in [6.07, 6.45) is 3.16. The van der Waals surface area contributed by atoms with E-state index in [9.17, 15) is 4.79 Å². The smallest absolute Gasteiger partial charge is 0.260 e. The first-order chi connectivity index (χ1) is 10.6. The Kier molecular flexibility index (Phi) is 6.25. The Balaban J connectivity index is 1.69. The van der Waals surface area contributed by atoms with Crippen LogP contribution in [0.4, 0.5) is 0 Å². The van der Waals surface area contributed by atoms with Gasteiger partial charge in [-0.15, -0.1) is 0 Å². The van der Waals surface area contributed by atoms with E-state index in [-0.39, 0.29) is 5.91 Å². The summed E-state index contributed by atoms with van der Waals surface area (Å²) in [5.74, 6) is 0.742. The van der Waals surface area contributed by atoms with Gasteiger partial charge < -0.3 is 15.0 Å². The van der Waals surface area contributed by atoms with Crippen LogP contribution in [0.25, 0.3) is 0 Å². The van der Waals surface area contributed by atoms with E-state index >= 15 is 0 Å². The molecule has 0 aliphatic carbocycles. The maximum absolute atomic E-state index is 12.1. The molecule has 0 bridgehead atoms. The van der Waals surface area contributed by atoms with Gasteiger partial charge in [-0.05, 0) is 71.3 Å². The summed E-state index contributed by atoms with van der Waals surface area (Å²) in [6.45, 7) is 10.1. The number of aryl methyl sites for hydroxylation is 2. The largest absolute Gasteiger partial charge is 0.481 e. The normalized spacial score (nSPS) is 16.5. The third-order valence-electron chi connectivity index (χ3n) is 4.15. The van der Waals surface area contributed by atoms with E-state index in [4.69, 9.17) is 4.74 Å². The van der Waals surface area contributed by atoms with E-state index in [1.165, 1.54) is 31.5 Å². The van der Waals surface area contributed by atoms with E-state index in [0.29, 0.717) is 0 Å². The molecule has 22 heavy (non-hydrogen) atoms. The van der Waals surface area contributed by atoms with Gasteiger partial charge in [0.25, 0.3) is 5.91 Å². The number of likely N-dealkylation sites (tertiary alicyclic amines) is 1. The van der Waals surface area contributed by atoms with Crippen molar-refractivity contribution < 1.29 is 9.53 Å². The summed E-state index contributed by atoms with van der Waals surface area (Å²) in [6, 6.07) is 6.00. The van der Waals surface area contributed by atoms with E-state index in [0.717, 1.165) is 30.8 Å². The molecule has 1 N–H and O–H groups in total. The molecule has 0 unspecified atom stereocenters. The lowest BCUT2D eigenvalue weighted by Gasteiger charge is -2.18. The highest BCUT2D eigenvalue weighted by atomic mass is 16.5. The highest BCUT2D eigenvalue weighted by molar-refractivity contribution is 5.80. The van der Waals surface area contributed by atoms with Gasteiger partial charge >= 0.3 is 0 Å². The molecule has 0 radical (unpaired) electrons. The quantitative estimate of drug-likeness (QED) is 0.788. The van der Waals surface area contributed by atoms with Gasteiger partial charge in [0.2, 0.25) is 0 Å². The fraction of sp³-hybridized carbons (Fsp3) is 0.611. The first-order valence-electron chi connectivity index (χ1n) is 8.30. The van der Waals surface area contributed by atoms with Crippen molar-refractivity contribution in [3.8, 4) is 5.75 Å². The van der Waals surface area contributed by atoms with Crippen LogP contribution in [-0.2, 0) is 4.79 Å². The van der Waals surface area contributed by atoms with Gasteiger partial charge in [0.15, 0.2) is 6.10 Å². The second-order valence-corrected chi connectivity index (χ2v) is 6.22. The molecular weight excluding hydrogens is 276 g/mol. The van der Waals surface area contributed by atoms with Gasteiger partial charge in [-0.3, -0.25) is 4.79 Å². The molecule has 1 aliphatic rings. The van der Waals surface area contributed by atoms with Gasteiger partial charge in [-0.25, -0.2) is 0 Å². The van der Waals surface area contributed by atoms with E-state index in [2.05, 4.69) is 16.3 Å². The summed E-state index contributed by atoms with van der Waals surface area (Å²) in [7, 11) is 0. The second kappa shape index (κ2) is 8.18. The number of nitrogens with one attached hydrogen (secondary N) is 1. The van der Waals surface area contributed by atoms with Crippen LogP contribution < -0.4 is 10.1 Å². The molecule has 1 atom stereocenters. The number of carbonyl (C=O) groups is 1. The van der Waals surface area contributed by atoms with Crippen LogP contribution in [0.3, 0.4) is 0 Å². The lowest BCUT2D eigenvalue weighted by atomic mass is 10.1. The molecule has 2 rings (SSSR count). The zero-order valence-electron chi connectivity index (χ0n) is 14.0. The summed E-state index contributed by atoms with van der Waals surface area (Å²) in [4.78, 5) is 14.5. The minimum absolute atomic E-state index is 0.0404. The van der Waals surface area contributed by atoms with Crippen molar-refractivity contribution in [3.63, 3.8) is 0 Å². The molecule has 0 saturated carbocycles. The van der Waals surface area contributed by atoms with Gasteiger partial charge in [-0.1, -0.05) is 17.7 Å². The van der Waals surface area contributed by atoms with Gasteiger partial charge in [0.05, 0.1) is 0 Å². The van der Waals surface area contributed by atoms with Gasteiger partial charge in [0.1, 0.15) is 5.75 Å². The molecule has 1 heterocycles. The summed E-state index contributed by atoms with van der Waals surface area (Å²) in [5, 5.41) is 2.97. The maximum Gasteiger partial charge on any atom is 0.260 e. The number of amides is 1. The predicted octanol–water partition coefficient (Wildman–Crippen LogP) is 2.67. The Bertz CT molecular complexity index is 496. The Hall–Kier alpha value is -1.55. The zero-order chi connectivity index (χ0) is 15.9. The third-order valence-corrected chi connectivity index (χ3v) is 4.15. The van der Waals surface area contributed by atoms with Crippen LogP contribution in [-0.4, -0.2) is 43.1 Å². The molecule has 4 heteroatoms. The van der Waals surface area contributed by atoms with Crippen LogP contribution in [0.5, 0.6) is 5.75 Å². The lowest BCUT2D eigenvalue weighted by molar-refractivity contribution is -0.127. The first-order valence-corrected chi connectivity index (χ1v) is 8.30. The van der Waals surface area contributed by atoms with E-state index in [1.807, 2.05) is 26.0 Å². The Morgan fingerprint density at radius 1 is 1.32 bits per heavy atom. The number of hydrogen-bond donors (Lipinski definition) is 1. The Morgan fingerprint density at radius 3 is 2.73 bits per heavy atom. The predicted molar refractivity (Wildman–Crippen MR) is 89.3 cm³/mol. The van der Waals surface area contributed by atoms with E-state index in [1.54, 1.807) is 6.92 Å². The maximum atomic E-state index is 12.1. The van der Waals surface area contributed by atoms with Crippen LogP contribution in [0.2, 0.25) is 0 Å². The average molecular weight is 304 g/mol. The van der Waals surface area contributed by atoms with E-state index < -0.39 is 6.10 Å². The standard InChI is InChI=1S/C18H28N2O2/c1-14-7-8-17(15(2)13-14)22-16(3)18(21)19-9-6-12-20-10-4-5-11-20/h7-8,13,16H,4-6,9-12H2,1-3H3,(H,19,21)/t16-/m0/s1. The molecule has 1 aliphatic heterocycles. The SMILES string of the molecule is Cc1ccc(O[C@@H](C)C(=O)NCCCN2CCCC2)c(C)c1. The second-order valence-electron chi connectivity index (χ2n) is 6.22. The van der Waals surface area contributed by atoms with Crippen molar-refractivity contribution >= 4 is 5.91 Å². The molecular formula is C18H28N2O2. The number of carbonyl (C=O) groups excluding carboxylic acids is 1. The van der Waals surface area contributed by atoms with Crippen LogP contribution in [0.15, 0.2) is 18.2 Å². The molecule has 0 spiro atoms. The number of benzene rings is 1. The minimum atomic E-state index is -0.465. The summed E-state index contributed by atoms with van der Waals surface area (Å²) >= 11 is 0. The average Bonchev–Trinajstić information content (AvgIpc) is 2.99. The number of ether oxygens (including phenoxy) is 1. The van der Waals surface area contributed by atoms with Crippen LogP contribution in [0, 0.1) is 13.8 Å². The highest BCUT2D eigenvalue weighted by Gasteiger charge is 2.15. The fourth-order valence-corrected chi connectivity index (χ4v) is 2.84. The Morgan fingerprint density at radius 2 is 2.05 bits per heavy atom. The molecule has 1 fully saturated rings. The lowest BCUT2D eigenvalue weighted by Crippen LogP contribution is -2.37. The van der Waals surface area contributed by atoms with Crippen molar-refractivity contribution in [1.29, 1.82) is 0 Å². The molecule has 1 aromatic carbocycles. The van der Waals surface area contributed by atoms with Crippen molar-refractivity contribution in [2.24, 2.45) is 0 Å². The molecule has 1 saturated heterocycles. The van der Waals surface area contributed by atoms with Crippen LogP contribution in [0.1, 0.15) is 37.3 Å². The number of rotatable bonds is 7. The summed E-state index contributed by atoms with van der Waals surface area (Å²) < 4.78 is 5.77. The third kappa shape index (κ3) is 5.02. The number of hydrogen-bond acceptors (Lipinski definition) is 3. The summed E-state index contributed by atoms with van der Waals surface area (Å²) in [5.41, 5.74) is 2.26. The van der Waals surface area contributed by atoms with Crippen molar-refractivity contribution in [2.45, 2.75) is 46.1 Å². The van der Waals surface area contributed by atoms with Crippen LogP contribution >= 0.6 is 0 Å². The fourth-order valence-electron chi connectivity index (χ4n) is 2.84. The molecule has 4 nitrogen and oxygen atoms in total.